The van der Waals surface area contributed by atoms with E-state index in [9.17, 15) is 9.59 Å². The van der Waals surface area contributed by atoms with Crippen molar-refractivity contribution in [2.24, 2.45) is 0 Å². The lowest BCUT2D eigenvalue weighted by molar-refractivity contribution is -0.141. The van der Waals surface area contributed by atoms with Crippen LogP contribution in [0.2, 0.25) is 10.0 Å². The summed E-state index contributed by atoms with van der Waals surface area (Å²) in [5.41, 5.74) is 0.736. The standard InChI is InChI=1S/C10H8Cl2N2O2/c11-5-1-2-6(7(12)3-5)8-4-13-9(15)10(16)14-8/h1-3,8H,4H2,(H,13,15)(H,14,16). The van der Waals surface area contributed by atoms with Crippen LogP contribution in [0.25, 0.3) is 0 Å². The van der Waals surface area contributed by atoms with Crippen LogP contribution in [0.4, 0.5) is 0 Å². The van der Waals surface area contributed by atoms with Gasteiger partial charge in [-0.1, -0.05) is 29.3 Å². The molecule has 1 heterocycles. The number of nitrogens with one attached hydrogen (secondary N) is 2. The number of hydrogen-bond acceptors (Lipinski definition) is 2. The summed E-state index contributed by atoms with van der Waals surface area (Å²) in [7, 11) is 0. The number of halogens is 2. The lowest BCUT2D eigenvalue weighted by Crippen LogP contribution is -2.51. The third kappa shape index (κ3) is 2.13. The fourth-order valence-corrected chi connectivity index (χ4v) is 2.06. The molecule has 1 saturated heterocycles. The molecule has 0 aromatic heterocycles. The largest absolute Gasteiger partial charge is 0.345 e. The highest BCUT2D eigenvalue weighted by Gasteiger charge is 2.27. The number of amides is 2. The molecule has 2 amide bonds. The Balaban J connectivity index is 2.25. The van der Waals surface area contributed by atoms with Crippen molar-refractivity contribution in [3.63, 3.8) is 0 Å². The number of carbonyl (C=O) groups is 2. The van der Waals surface area contributed by atoms with Crippen molar-refractivity contribution in [1.82, 2.24) is 10.6 Å². The second-order valence-corrected chi connectivity index (χ2v) is 4.25. The summed E-state index contributed by atoms with van der Waals surface area (Å²) in [5, 5.41) is 6.04. The minimum atomic E-state index is -0.651. The molecule has 1 aliphatic rings. The minimum Gasteiger partial charge on any atom is -0.345 e. The van der Waals surface area contributed by atoms with Crippen LogP contribution in [0.3, 0.4) is 0 Å². The molecule has 0 radical (unpaired) electrons. The van der Waals surface area contributed by atoms with E-state index in [2.05, 4.69) is 10.6 Å². The van der Waals surface area contributed by atoms with Crippen molar-refractivity contribution in [3.8, 4) is 0 Å². The molecule has 1 unspecified atom stereocenters. The van der Waals surface area contributed by atoms with Gasteiger partial charge in [-0.15, -0.1) is 0 Å². The lowest BCUT2D eigenvalue weighted by atomic mass is 10.1. The van der Waals surface area contributed by atoms with E-state index >= 15 is 0 Å². The summed E-state index contributed by atoms with van der Waals surface area (Å²) in [6.07, 6.45) is 0. The minimum absolute atomic E-state index is 0.310. The van der Waals surface area contributed by atoms with E-state index in [-0.39, 0.29) is 6.04 Å². The van der Waals surface area contributed by atoms with Crippen molar-refractivity contribution in [2.45, 2.75) is 6.04 Å². The van der Waals surface area contributed by atoms with E-state index in [1.165, 1.54) is 0 Å². The van der Waals surface area contributed by atoms with Crippen LogP contribution in [0.15, 0.2) is 18.2 Å². The van der Waals surface area contributed by atoms with Crippen molar-refractivity contribution < 1.29 is 9.59 Å². The van der Waals surface area contributed by atoms with Crippen molar-refractivity contribution in [3.05, 3.63) is 33.8 Å². The van der Waals surface area contributed by atoms with E-state index in [4.69, 9.17) is 23.2 Å². The van der Waals surface area contributed by atoms with Crippen LogP contribution in [0.5, 0.6) is 0 Å². The highest BCUT2D eigenvalue weighted by molar-refractivity contribution is 6.36. The second-order valence-electron chi connectivity index (χ2n) is 3.40. The van der Waals surface area contributed by atoms with Gasteiger partial charge in [0, 0.05) is 16.6 Å². The number of rotatable bonds is 1. The Kier molecular flexibility index (Phi) is 3.03. The third-order valence-corrected chi connectivity index (χ3v) is 2.88. The Hall–Kier alpha value is -1.26. The molecule has 1 fully saturated rings. The molecule has 2 rings (SSSR count). The predicted molar refractivity (Wildman–Crippen MR) is 60.4 cm³/mol. The van der Waals surface area contributed by atoms with Crippen LogP contribution in [-0.4, -0.2) is 18.4 Å². The molecule has 0 saturated carbocycles. The van der Waals surface area contributed by atoms with E-state index in [0.717, 1.165) is 5.56 Å². The molecule has 2 N–H and O–H groups in total. The smallest absolute Gasteiger partial charge is 0.309 e. The van der Waals surface area contributed by atoms with Crippen molar-refractivity contribution in [2.75, 3.05) is 6.54 Å². The van der Waals surface area contributed by atoms with Gasteiger partial charge < -0.3 is 10.6 Å². The fraction of sp³-hybridized carbons (Fsp3) is 0.200. The van der Waals surface area contributed by atoms with Gasteiger partial charge in [-0.25, -0.2) is 0 Å². The first-order chi connectivity index (χ1) is 7.58. The fourth-order valence-electron chi connectivity index (χ4n) is 1.52. The van der Waals surface area contributed by atoms with Crippen molar-refractivity contribution >= 4 is 35.0 Å². The zero-order chi connectivity index (χ0) is 11.7. The van der Waals surface area contributed by atoms with E-state index in [1.54, 1.807) is 18.2 Å². The third-order valence-electron chi connectivity index (χ3n) is 2.32. The average molecular weight is 259 g/mol. The van der Waals surface area contributed by atoms with Gasteiger partial charge in [-0.2, -0.15) is 0 Å². The monoisotopic (exact) mass is 258 g/mol. The second kappa shape index (κ2) is 4.31. The quantitative estimate of drug-likeness (QED) is 0.746. The van der Waals surface area contributed by atoms with Gasteiger partial charge in [-0.05, 0) is 17.7 Å². The summed E-state index contributed by atoms with van der Waals surface area (Å²) in [4.78, 5) is 22.1. The molecule has 1 aromatic carbocycles. The molecule has 0 aliphatic carbocycles. The average Bonchev–Trinajstić information content (AvgIpc) is 2.22. The summed E-state index contributed by atoms with van der Waals surface area (Å²) >= 11 is 11.8. The highest BCUT2D eigenvalue weighted by atomic mass is 35.5. The number of carbonyl (C=O) groups excluding carboxylic acids is 2. The van der Waals surface area contributed by atoms with Gasteiger partial charge in [0.2, 0.25) is 0 Å². The van der Waals surface area contributed by atoms with Crippen LogP contribution < -0.4 is 10.6 Å². The summed E-state index contributed by atoms with van der Waals surface area (Å²) in [5.74, 6) is -1.27. The van der Waals surface area contributed by atoms with Gasteiger partial charge in [0.1, 0.15) is 0 Å². The molecule has 6 heteroatoms. The summed E-state index contributed by atoms with van der Waals surface area (Å²) in [6.45, 7) is 0.325. The normalized spacial score (nSPS) is 20.2. The molecule has 1 aromatic rings. The Morgan fingerprint density at radius 3 is 2.56 bits per heavy atom. The molecule has 4 nitrogen and oxygen atoms in total. The first-order valence-electron chi connectivity index (χ1n) is 4.61. The SMILES string of the molecule is O=C1NCC(c2ccc(Cl)cc2Cl)NC1=O. The summed E-state index contributed by atoms with van der Waals surface area (Å²) < 4.78 is 0. The maximum Gasteiger partial charge on any atom is 0.309 e. The Labute approximate surface area is 102 Å². The molecular weight excluding hydrogens is 251 g/mol. The molecular formula is C10H8Cl2N2O2. The predicted octanol–water partition coefficient (Wildman–Crippen LogP) is 1.28. The van der Waals surface area contributed by atoms with Crippen LogP contribution >= 0.6 is 23.2 Å². The molecule has 84 valence electrons. The van der Waals surface area contributed by atoms with Gasteiger partial charge in [0.05, 0.1) is 6.04 Å². The zero-order valence-electron chi connectivity index (χ0n) is 8.09. The number of piperazine rings is 1. The number of benzene rings is 1. The Morgan fingerprint density at radius 1 is 1.19 bits per heavy atom. The lowest BCUT2D eigenvalue weighted by Gasteiger charge is -2.24. The van der Waals surface area contributed by atoms with Gasteiger partial charge in [0.25, 0.3) is 0 Å². The molecule has 0 spiro atoms. The van der Waals surface area contributed by atoms with Gasteiger partial charge in [-0.3, -0.25) is 9.59 Å². The maximum atomic E-state index is 11.2. The molecule has 0 bridgehead atoms. The highest BCUT2D eigenvalue weighted by Crippen LogP contribution is 2.26. The maximum absolute atomic E-state index is 11.2. The Bertz CT molecular complexity index is 462. The van der Waals surface area contributed by atoms with E-state index < -0.39 is 11.8 Å². The van der Waals surface area contributed by atoms with Crippen LogP contribution in [-0.2, 0) is 9.59 Å². The molecule has 16 heavy (non-hydrogen) atoms. The topological polar surface area (TPSA) is 58.2 Å². The van der Waals surface area contributed by atoms with Gasteiger partial charge >= 0.3 is 11.8 Å². The molecule has 1 atom stereocenters. The van der Waals surface area contributed by atoms with Gasteiger partial charge in [0.15, 0.2) is 0 Å². The summed E-state index contributed by atoms with van der Waals surface area (Å²) in [6, 6.07) is 4.70. The Morgan fingerprint density at radius 2 is 1.94 bits per heavy atom. The van der Waals surface area contributed by atoms with E-state index in [0.29, 0.717) is 16.6 Å². The van der Waals surface area contributed by atoms with Crippen LogP contribution in [0.1, 0.15) is 11.6 Å². The first-order valence-corrected chi connectivity index (χ1v) is 5.37. The first kappa shape index (κ1) is 11.2. The number of hydrogen-bond donors (Lipinski definition) is 2. The van der Waals surface area contributed by atoms with Crippen LogP contribution in [0, 0.1) is 0 Å². The van der Waals surface area contributed by atoms with Crippen molar-refractivity contribution in [1.29, 1.82) is 0 Å². The molecule has 1 aliphatic heterocycles. The zero-order valence-corrected chi connectivity index (χ0v) is 9.60. The van der Waals surface area contributed by atoms with E-state index in [1.807, 2.05) is 0 Å².